The Hall–Kier alpha value is -3.15. The number of carboxylic acids is 1. The van der Waals surface area contributed by atoms with E-state index in [0.29, 0.717) is 18.5 Å². The number of fused-ring (bicyclic) bond motifs is 2. The summed E-state index contributed by atoms with van der Waals surface area (Å²) in [6.45, 7) is 0.300. The molecule has 1 atom stereocenters. The van der Waals surface area contributed by atoms with E-state index < -0.39 is 12.0 Å². The third kappa shape index (κ3) is 2.32. The second-order valence-corrected chi connectivity index (χ2v) is 5.87. The van der Waals surface area contributed by atoms with Gasteiger partial charge in [-0.1, -0.05) is 24.3 Å². The minimum Gasteiger partial charge on any atom is -0.480 e. The van der Waals surface area contributed by atoms with E-state index in [1.54, 1.807) is 35.1 Å². The zero-order chi connectivity index (χ0) is 16.7. The smallest absolute Gasteiger partial charge is 0.326 e. The molecule has 1 aliphatic rings. The van der Waals surface area contributed by atoms with E-state index in [4.69, 9.17) is 0 Å². The van der Waals surface area contributed by atoms with Crippen molar-refractivity contribution >= 4 is 17.5 Å². The highest BCUT2D eigenvalue weighted by atomic mass is 16.4. The van der Waals surface area contributed by atoms with Gasteiger partial charge in [0.2, 0.25) is 0 Å². The lowest BCUT2D eigenvalue weighted by molar-refractivity contribution is -0.142. The van der Waals surface area contributed by atoms with Crippen molar-refractivity contribution < 1.29 is 14.7 Å². The van der Waals surface area contributed by atoms with E-state index in [-0.39, 0.29) is 5.91 Å². The summed E-state index contributed by atoms with van der Waals surface area (Å²) in [4.78, 5) is 30.2. The maximum absolute atomic E-state index is 12.9. The van der Waals surface area contributed by atoms with Crippen LogP contribution in [0.4, 0.5) is 0 Å². The fourth-order valence-corrected chi connectivity index (χ4v) is 3.17. The van der Waals surface area contributed by atoms with Gasteiger partial charge in [-0.3, -0.25) is 4.79 Å². The predicted molar refractivity (Wildman–Crippen MR) is 86.6 cm³/mol. The van der Waals surface area contributed by atoms with E-state index in [1.807, 2.05) is 24.3 Å². The molecule has 4 rings (SSSR count). The van der Waals surface area contributed by atoms with Gasteiger partial charge < -0.3 is 14.4 Å². The van der Waals surface area contributed by atoms with Crippen LogP contribution in [0, 0.1) is 0 Å². The number of rotatable bonds is 2. The van der Waals surface area contributed by atoms with Crippen LogP contribution in [0.5, 0.6) is 0 Å². The second-order valence-electron chi connectivity index (χ2n) is 5.87. The highest BCUT2D eigenvalue weighted by Crippen LogP contribution is 2.25. The van der Waals surface area contributed by atoms with E-state index in [2.05, 4.69) is 4.98 Å². The van der Waals surface area contributed by atoms with E-state index in [0.717, 1.165) is 16.8 Å². The SMILES string of the molecule is O=C(O)[C@H]1Cc2ccccc2CN1C(=O)c1ccc2nccn2c1. The average Bonchev–Trinajstić information content (AvgIpc) is 3.07. The molecule has 3 heterocycles. The number of carboxylic acid groups (broad SMARTS) is 1. The van der Waals surface area contributed by atoms with Crippen LogP contribution < -0.4 is 0 Å². The molecule has 0 bridgehead atoms. The second kappa shape index (κ2) is 5.49. The van der Waals surface area contributed by atoms with Crippen molar-refractivity contribution in [2.45, 2.75) is 19.0 Å². The Morgan fingerprint density at radius 2 is 1.92 bits per heavy atom. The molecule has 6 nitrogen and oxygen atoms in total. The van der Waals surface area contributed by atoms with Crippen LogP contribution >= 0.6 is 0 Å². The van der Waals surface area contributed by atoms with Crippen molar-refractivity contribution in [3.05, 3.63) is 71.7 Å². The van der Waals surface area contributed by atoms with Gasteiger partial charge in [-0.05, 0) is 23.3 Å². The quantitative estimate of drug-likeness (QED) is 0.783. The zero-order valence-corrected chi connectivity index (χ0v) is 12.8. The van der Waals surface area contributed by atoms with Crippen molar-refractivity contribution in [3.63, 3.8) is 0 Å². The number of aliphatic carboxylic acids is 1. The van der Waals surface area contributed by atoms with Gasteiger partial charge >= 0.3 is 5.97 Å². The summed E-state index contributed by atoms with van der Waals surface area (Å²) in [5.41, 5.74) is 3.17. The Balaban J connectivity index is 1.72. The molecule has 0 radical (unpaired) electrons. The normalized spacial score (nSPS) is 16.8. The number of hydrogen-bond donors (Lipinski definition) is 1. The van der Waals surface area contributed by atoms with Crippen LogP contribution in [0.1, 0.15) is 21.5 Å². The molecule has 1 aliphatic heterocycles. The Kier molecular flexibility index (Phi) is 3.30. The minimum atomic E-state index is -0.985. The number of pyridine rings is 1. The maximum Gasteiger partial charge on any atom is 0.326 e. The summed E-state index contributed by atoms with van der Waals surface area (Å²) in [6, 6.07) is 10.2. The van der Waals surface area contributed by atoms with Gasteiger partial charge in [0.05, 0.1) is 5.56 Å². The topological polar surface area (TPSA) is 74.9 Å². The molecule has 1 aromatic carbocycles. The Labute approximate surface area is 138 Å². The van der Waals surface area contributed by atoms with Gasteiger partial charge in [0.1, 0.15) is 11.7 Å². The lowest BCUT2D eigenvalue weighted by Gasteiger charge is -2.34. The number of amides is 1. The summed E-state index contributed by atoms with van der Waals surface area (Å²) in [5, 5.41) is 9.56. The summed E-state index contributed by atoms with van der Waals surface area (Å²) in [5.74, 6) is -1.27. The maximum atomic E-state index is 12.9. The first-order valence-electron chi connectivity index (χ1n) is 7.67. The van der Waals surface area contributed by atoms with Gasteiger partial charge in [0.15, 0.2) is 0 Å². The number of benzene rings is 1. The van der Waals surface area contributed by atoms with Gasteiger partial charge in [-0.15, -0.1) is 0 Å². The van der Waals surface area contributed by atoms with Crippen molar-refractivity contribution in [2.24, 2.45) is 0 Å². The van der Waals surface area contributed by atoms with E-state index in [9.17, 15) is 14.7 Å². The molecule has 0 saturated heterocycles. The van der Waals surface area contributed by atoms with Crippen LogP contribution in [-0.2, 0) is 17.8 Å². The molecule has 0 unspecified atom stereocenters. The van der Waals surface area contributed by atoms with Crippen LogP contribution in [-0.4, -0.2) is 37.3 Å². The van der Waals surface area contributed by atoms with Gasteiger partial charge in [0, 0.05) is 31.6 Å². The van der Waals surface area contributed by atoms with Gasteiger partial charge in [-0.25, -0.2) is 9.78 Å². The molecule has 3 aromatic rings. The fraction of sp³-hybridized carbons (Fsp3) is 0.167. The largest absolute Gasteiger partial charge is 0.480 e. The van der Waals surface area contributed by atoms with Crippen molar-refractivity contribution in [1.29, 1.82) is 0 Å². The van der Waals surface area contributed by atoms with E-state index >= 15 is 0 Å². The molecule has 1 N–H and O–H groups in total. The number of aromatic nitrogens is 2. The van der Waals surface area contributed by atoms with Crippen LogP contribution in [0.3, 0.4) is 0 Å². The molecule has 6 heteroatoms. The molecule has 0 fully saturated rings. The molecular weight excluding hydrogens is 306 g/mol. The lowest BCUT2D eigenvalue weighted by Crippen LogP contribution is -2.48. The van der Waals surface area contributed by atoms with Crippen molar-refractivity contribution in [3.8, 4) is 0 Å². The number of nitrogens with zero attached hydrogens (tertiary/aromatic N) is 3. The minimum absolute atomic E-state index is 0.285. The van der Waals surface area contributed by atoms with Crippen molar-refractivity contribution in [2.75, 3.05) is 0 Å². The third-order valence-corrected chi connectivity index (χ3v) is 4.43. The molecule has 0 spiro atoms. The fourth-order valence-electron chi connectivity index (χ4n) is 3.17. The molecule has 120 valence electrons. The summed E-state index contributed by atoms with van der Waals surface area (Å²) in [7, 11) is 0. The molecule has 24 heavy (non-hydrogen) atoms. The molecule has 1 amide bonds. The predicted octanol–water partition coefficient (Wildman–Crippen LogP) is 1.99. The highest BCUT2D eigenvalue weighted by Gasteiger charge is 2.35. The first-order valence-corrected chi connectivity index (χ1v) is 7.67. The van der Waals surface area contributed by atoms with Crippen LogP contribution in [0.2, 0.25) is 0 Å². The first kappa shape index (κ1) is 14.4. The summed E-state index contributed by atoms with van der Waals surface area (Å²) < 4.78 is 1.75. The first-order chi connectivity index (χ1) is 11.6. The Bertz CT molecular complexity index is 947. The average molecular weight is 321 g/mol. The van der Waals surface area contributed by atoms with Gasteiger partial charge in [-0.2, -0.15) is 0 Å². The molecular formula is C18H15N3O3. The monoisotopic (exact) mass is 321 g/mol. The summed E-state index contributed by atoms with van der Waals surface area (Å²) >= 11 is 0. The zero-order valence-electron chi connectivity index (χ0n) is 12.8. The Morgan fingerprint density at radius 3 is 2.71 bits per heavy atom. The molecule has 2 aromatic heterocycles. The molecule has 0 saturated carbocycles. The van der Waals surface area contributed by atoms with Crippen molar-refractivity contribution in [1.82, 2.24) is 14.3 Å². The number of carbonyl (C=O) groups excluding carboxylic acids is 1. The number of carbonyl (C=O) groups is 2. The van der Waals surface area contributed by atoms with Crippen LogP contribution in [0.15, 0.2) is 55.0 Å². The van der Waals surface area contributed by atoms with E-state index in [1.165, 1.54) is 4.90 Å². The number of imidazole rings is 1. The lowest BCUT2D eigenvalue weighted by atomic mass is 9.93. The van der Waals surface area contributed by atoms with Crippen LogP contribution in [0.25, 0.3) is 5.65 Å². The van der Waals surface area contributed by atoms with Gasteiger partial charge in [0.25, 0.3) is 5.91 Å². The highest BCUT2D eigenvalue weighted by molar-refractivity contribution is 5.97. The third-order valence-electron chi connectivity index (χ3n) is 4.43. The number of hydrogen-bond acceptors (Lipinski definition) is 3. The Morgan fingerprint density at radius 1 is 1.12 bits per heavy atom. The standard InChI is InChI=1S/C18H15N3O3/c22-17(14-5-6-16-19-7-8-20(16)10-14)21-11-13-4-2-1-3-12(13)9-15(21)18(23)24/h1-8,10,15H,9,11H2,(H,23,24)/t15-/m1/s1. The summed E-state index contributed by atoms with van der Waals surface area (Å²) in [6.07, 6.45) is 5.42. The molecule has 0 aliphatic carbocycles.